The Morgan fingerprint density at radius 2 is 1.77 bits per heavy atom. The topological polar surface area (TPSA) is 60.0 Å². The van der Waals surface area contributed by atoms with Gasteiger partial charge in [0.25, 0.3) is 5.91 Å². The van der Waals surface area contributed by atoms with Gasteiger partial charge in [0.1, 0.15) is 0 Å². The van der Waals surface area contributed by atoms with Crippen LogP contribution in [0.4, 0.5) is 0 Å². The van der Waals surface area contributed by atoms with Crippen LogP contribution in [-0.4, -0.2) is 58.3 Å². The van der Waals surface area contributed by atoms with Crippen LogP contribution in [0, 0.1) is 0 Å². The Balaban J connectivity index is 0.00000242. The van der Waals surface area contributed by atoms with Crippen molar-refractivity contribution >= 4 is 18.3 Å². The number of methoxy groups -OCH3 is 3. The average molecular weight is 331 g/mol. The number of ether oxygens (including phenoxy) is 3. The van der Waals surface area contributed by atoms with Crippen LogP contribution in [-0.2, 0) is 0 Å². The summed E-state index contributed by atoms with van der Waals surface area (Å²) in [6.45, 7) is 1.77. The van der Waals surface area contributed by atoms with Crippen molar-refractivity contribution in [3.63, 3.8) is 0 Å². The Labute approximate surface area is 137 Å². The van der Waals surface area contributed by atoms with E-state index in [0.29, 0.717) is 22.8 Å². The van der Waals surface area contributed by atoms with Crippen molar-refractivity contribution in [2.45, 2.75) is 12.5 Å². The number of amides is 1. The number of rotatable bonds is 5. The zero-order valence-electron chi connectivity index (χ0n) is 13.3. The normalized spacial score (nSPS) is 16.6. The predicted octanol–water partition coefficient (Wildman–Crippen LogP) is 1.57. The molecule has 0 aliphatic carbocycles. The number of halogens is 1. The van der Waals surface area contributed by atoms with Gasteiger partial charge >= 0.3 is 0 Å². The van der Waals surface area contributed by atoms with Crippen LogP contribution in [0.1, 0.15) is 16.8 Å². The van der Waals surface area contributed by atoms with E-state index in [-0.39, 0.29) is 24.4 Å². The van der Waals surface area contributed by atoms with E-state index in [1.54, 1.807) is 17.0 Å². The number of benzene rings is 1. The highest BCUT2D eigenvalue weighted by Gasteiger charge is 2.26. The average Bonchev–Trinajstić information content (AvgIpc) is 3.06. The van der Waals surface area contributed by atoms with Crippen molar-refractivity contribution in [1.29, 1.82) is 0 Å². The maximum Gasteiger partial charge on any atom is 0.254 e. The third-order valence-corrected chi connectivity index (χ3v) is 3.81. The first kappa shape index (κ1) is 18.4. The molecule has 1 saturated heterocycles. The first-order chi connectivity index (χ1) is 10.1. The van der Waals surface area contributed by atoms with Crippen molar-refractivity contribution in [1.82, 2.24) is 10.2 Å². The van der Waals surface area contributed by atoms with Gasteiger partial charge in [-0.2, -0.15) is 0 Å². The number of likely N-dealkylation sites (N-methyl/N-ethyl adjacent to an activating group) is 1. The largest absolute Gasteiger partial charge is 0.493 e. The fourth-order valence-corrected chi connectivity index (χ4v) is 2.54. The molecule has 124 valence electrons. The van der Waals surface area contributed by atoms with Crippen LogP contribution in [0.15, 0.2) is 12.1 Å². The third kappa shape index (κ3) is 3.56. The number of carbonyl (C=O) groups excluding carboxylic acids is 1. The van der Waals surface area contributed by atoms with Crippen LogP contribution in [0.5, 0.6) is 17.2 Å². The van der Waals surface area contributed by atoms with Gasteiger partial charge in [-0.3, -0.25) is 4.79 Å². The molecule has 1 heterocycles. The number of hydrogen-bond donors (Lipinski definition) is 1. The van der Waals surface area contributed by atoms with Crippen LogP contribution in [0.2, 0.25) is 0 Å². The van der Waals surface area contributed by atoms with Gasteiger partial charge in [0.2, 0.25) is 5.75 Å². The summed E-state index contributed by atoms with van der Waals surface area (Å²) in [6.07, 6.45) is 0.965. The summed E-state index contributed by atoms with van der Waals surface area (Å²) in [4.78, 5) is 14.4. The molecular formula is C15H23ClN2O4. The summed E-state index contributed by atoms with van der Waals surface area (Å²) in [5.74, 6) is 1.40. The summed E-state index contributed by atoms with van der Waals surface area (Å²) in [7, 11) is 6.44. The molecule has 1 atom stereocenters. The lowest BCUT2D eigenvalue weighted by atomic mass is 10.1. The Kier molecular flexibility index (Phi) is 6.77. The molecule has 0 radical (unpaired) electrons. The first-order valence-electron chi connectivity index (χ1n) is 6.90. The minimum atomic E-state index is -0.0528. The maximum atomic E-state index is 12.6. The second-order valence-electron chi connectivity index (χ2n) is 4.98. The van der Waals surface area contributed by atoms with Crippen molar-refractivity contribution in [2.75, 3.05) is 41.5 Å². The van der Waals surface area contributed by atoms with E-state index < -0.39 is 0 Å². The van der Waals surface area contributed by atoms with Crippen molar-refractivity contribution < 1.29 is 19.0 Å². The zero-order chi connectivity index (χ0) is 15.4. The molecule has 1 aromatic rings. The number of hydrogen-bond acceptors (Lipinski definition) is 5. The Morgan fingerprint density at radius 3 is 2.18 bits per heavy atom. The fourth-order valence-electron chi connectivity index (χ4n) is 2.54. The highest BCUT2D eigenvalue weighted by Crippen LogP contribution is 2.38. The van der Waals surface area contributed by atoms with Crippen molar-refractivity contribution in [3.05, 3.63) is 17.7 Å². The minimum Gasteiger partial charge on any atom is -0.493 e. The number of nitrogens with one attached hydrogen (secondary N) is 1. The van der Waals surface area contributed by atoms with E-state index in [1.165, 1.54) is 21.3 Å². The van der Waals surface area contributed by atoms with Crippen LogP contribution < -0.4 is 19.5 Å². The summed E-state index contributed by atoms with van der Waals surface area (Å²) in [6, 6.07) is 3.59. The Morgan fingerprint density at radius 1 is 1.18 bits per heavy atom. The molecule has 1 N–H and O–H groups in total. The van der Waals surface area contributed by atoms with Gasteiger partial charge in [0.05, 0.1) is 21.3 Å². The number of carbonyl (C=O) groups is 1. The Bertz CT molecular complexity index is 493. The second-order valence-corrected chi connectivity index (χ2v) is 4.98. The molecule has 1 aromatic carbocycles. The molecule has 0 spiro atoms. The van der Waals surface area contributed by atoms with E-state index in [4.69, 9.17) is 14.2 Å². The van der Waals surface area contributed by atoms with E-state index in [9.17, 15) is 4.79 Å². The van der Waals surface area contributed by atoms with Crippen molar-refractivity contribution in [2.24, 2.45) is 0 Å². The molecular weight excluding hydrogens is 308 g/mol. The molecule has 7 heteroatoms. The molecule has 0 saturated carbocycles. The van der Waals surface area contributed by atoms with Crippen LogP contribution in [0.3, 0.4) is 0 Å². The molecule has 1 aliphatic rings. The monoisotopic (exact) mass is 330 g/mol. The van der Waals surface area contributed by atoms with Gasteiger partial charge < -0.3 is 24.4 Å². The molecule has 6 nitrogen and oxygen atoms in total. The predicted molar refractivity (Wildman–Crippen MR) is 86.7 cm³/mol. The summed E-state index contributed by atoms with van der Waals surface area (Å²) >= 11 is 0. The highest BCUT2D eigenvalue weighted by molar-refractivity contribution is 5.95. The molecule has 1 amide bonds. The lowest BCUT2D eigenvalue weighted by molar-refractivity contribution is 0.0743. The standard InChI is InChI=1S/C15H22N2O4.ClH/c1-17(11-5-6-16-9-11)15(18)10-7-12(19-2)14(21-4)13(8-10)20-3;/h7-8,11,16H,5-6,9H2,1-4H3;1H. The molecule has 0 bridgehead atoms. The molecule has 22 heavy (non-hydrogen) atoms. The van der Waals surface area contributed by atoms with E-state index in [0.717, 1.165) is 19.5 Å². The summed E-state index contributed by atoms with van der Waals surface area (Å²) in [5, 5.41) is 3.26. The number of nitrogens with zero attached hydrogens (tertiary/aromatic N) is 1. The van der Waals surface area contributed by atoms with Gasteiger partial charge in [-0.1, -0.05) is 0 Å². The molecule has 1 aliphatic heterocycles. The zero-order valence-corrected chi connectivity index (χ0v) is 14.2. The fraction of sp³-hybridized carbons (Fsp3) is 0.533. The maximum absolute atomic E-state index is 12.6. The minimum absolute atomic E-state index is 0. The smallest absolute Gasteiger partial charge is 0.254 e. The summed E-state index contributed by atoms with van der Waals surface area (Å²) in [5.41, 5.74) is 0.527. The van der Waals surface area contributed by atoms with E-state index in [1.807, 2.05) is 7.05 Å². The second kappa shape index (κ2) is 8.10. The van der Waals surface area contributed by atoms with Crippen LogP contribution >= 0.6 is 12.4 Å². The van der Waals surface area contributed by atoms with E-state index >= 15 is 0 Å². The van der Waals surface area contributed by atoms with Gasteiger partial charge in [-0.25, -0.2) is 0 Å². The van der Waals surface area contributed by atoms with E-state index in [2.05, 4.69) is 5.32 Å². The molecule has 1 fully saturated rings. The lowest BCUT2D eigenvalue weighted by Crippen LogP contribution is -2.38. The van der Waals surface area contributed by atoms with Crippen molar-refractivity contribution in [3.8, 4) is 17.2 Å². The van der Waals surface area contributed by atoms with Gasteiger partial charge in [0, 0.05) is 25.2 Å². The quantitative estimate of drug-likeness (QED) is 0.888. The molecule has 0 aromatic heterocycles. The van der Waals surface area contributed by atoms with Gasteiger partial charge in [-0.05, 0) is 25.1 Å². The van der Waals surface area contributed by atoms with Gasteiger partial charge in [0.15, 0.2) is 11.5 Å². The highest BCUT2D eigenvalue weighted by atomic mass is 35.5. The first-order valence-corrected chi connectivity index (χ1v) is 6.90. The third-order valence-electron chi connectivity index (χ3n) is 3.81. The van der Waals surface area contributed by atoms with Crippen LogP contribution in [0.25, 0.3) is 0 Å². The summed E-state index contributed by atoms with van der Waals surface area (Å²) < 4.78 is 15.8. The molecule has 2 rings (SSSR count). The SMILES string of the molecule is COc1cc(C(=O)N(C)C2CCNC2)cc(OC)c1OC.Cl. The Hall–Kier alpha value is -1.66. The lowest BCUT2D eigenvalue weighted by Gasteiger charge is -2.24. The van der Waals surface area contributed by atoms with Gasteiger partial charge in [-0.15, -0.1) is 12.4 Å². The molecule has 1 unspecified atom stereocenters.